The molecule has 4 heteroatoms. The minimum absolute atomic E-state index is 0.247. The number of carbonyl (C=O) groups excluding carboxylic acids is 1. The molecule has 1 saturated carbocycles. The van der Waals surface area contributed by atoms with E-state index >= 15 is 0 Å². The summed E-state index contributed by atoms with van der Waals surface area (Å²) in [5.74, 6) is 0.498. The summed E-state index contributed by atoms with van der Waals surface area (Å²) in [5, 5.41) is 3.06. The van der Waals surface area contributed by atoms with Gasteiger partial charge in [0.1, 0.15) is 0 Å². The number of hydrogen-bond donors (Lipinski definition) is 1. The summed E-state index contributed by atoms with van der Waals surface area (Å²) in [7, 11) is 0. The van der Waals surface area contributed by atoms with Gasteiger partial charge >= 0.3 is 0 Å². The fourth-order valence-electron chi connectivity index (χ4n) is 2.31. The highest BCUT2D eigenvalue weighted by molar-refractivity contribution is 9.11. The third-order valence-corrected chi connectivity index (χ3v) is 4.92. The molecule has 1 fully saturated rings. The van der Waals surface area contributed by atoms with E-state index in [9.17, 15) is 4.79 Å². The van der Waals surface area contributed by atoms with Crippen LogP contribution < -0.4 is 5.32 Å². The Morgan fingerprint density at radius 3 is 2.59 bits per heavy atom. The van der Waals surface area contributed by atoms with Crippen LogP contribution in [0.4, 0.5) is 0 Å². The molecule has 1 amide bonds. The molecule has 94 valence electrons. The van der Waals surface area contributed by atoms with Gasteiger partial charge in [0.15, 0.2) is 0 Å². The van der Waals surface area contributed by atoms with Gasteiger partial charge in [-0.3, -0.25) is 4.79 Å². The first kappa shape index (κ1) is 13.1. The lowest BCUT2D eigenvalue weighted by atomic mass is 9.99. The summed E-state index contributed by atoms with van der Waals surface area (Å²) in [6, 6.07) is 4.08. The lowest BCUT2D eigenvalue weighted by Gasteiger charge is -2.13. The summed E-state index contributed by atoms with van der Waals surface area (Å²) >= 11 is 5.11. The van der Waals surface area contributed by atoms with Crippen molar-refractivity contribution < 1.29 is 4.79 Å². The number of thiophene rings is 1. The Balaban J connectivity index is 1.79. The van der Waals surface area contributed by atoms with Crippen LogP contribution in [0.1, 0.15) is 43.4 Å². The van der Waals surface area contributed by atoms with E-state index in [1.165, 1.54) is 30.6 Å². The average molecular weight is 316 g/mol. The molecule has 1 aromatic heterocycles. The Labute approximate surface area is 115 Å². The predicted molar refractivity (Wildman–Crippen MR) is 75.1 cm³/mol. The third kappa shape index (κ3) is 4.11. The van der Waals surface area contributed by atoms with Crippen molar-refractivity contribution in [3.8, 4) is 0 Å². The first-order chi connectivity index (χ1) is 8.25. The highest BCUT2D eigenvalue weighted by atomic mass is 79.9. The molecule has 0 radical (unpaired) electrons. The van der Waals surface area contributed by atoms with Crippen molar-refractivity contribution in [2.24, 2.45) is 5.92 Å². The molecule has 1 aliphatic carbocycles. The molecule has 0 saturated heterocycles. The van der Waals surface area contributed by atoms with Gasteiger partial charge in [-0.2, -0.15) is 0 Å². The number of rotatable bonds is 3. The fraction of sp³-hybridized carbons (Fsp3) is 0.615. The van der Waals surface area contributed by atoms with Crippen LogP contribution in [0.2, 0.25) is 0 Å². The van der Waals surface area contributed by atoms with Gasteiger partial charge in [0.05, 0.1) is 10.3 Å². The smallest absolute Gasteiger partial charge is 0.223 e. The molecule has 0 atom stereocenters. The molecule has 2 nitrogen and oxygen atoms in total. The molecule has 1 aromatic rings. The predicted octanol–water partition coefficient (Wildman–Crippen LogP) is 4.10. The highest BCUT2D eigenvalue weighted by Gasteiger charge is 2.19. The van der Waals surface area contributed by atoms with Gasteiger partial charge in [0.2, 0.25) is 5.91 Å². The highest BCUT2D eigenvalue weighted by Crippen LogP contribution is 2.24. The first-order valence-electron chi connectivity index (χ1n) is 6.27. The van der Waals surface area contributed by atoms with E-state index in [-0.39, 0.29) is 11.8 Å². The summed E-state index contributed by atoms with van der Waals surface area (Å²) < 4.78 is 1.12. The minimum atomic E-state index is 0.247. The topological polar surface area (TPSA) is 29.1 Å². The molecule has 17 heavy (non-hydrogen) atoms. The lowest BCUT2D eigenvalue weighted by molar-refractivity contribution is -0.125. The molecule has 2 rings (SSSR count). The van der Waals surface area contributed by atoms with Gasteiger partial charge < -0.3 is 5.32 Å². The van der Waals surface area contributed by atoms with E-state index in [0.29, 0.717) is 6.54 Å². The Hall–Kier alpha value is -0.350. The van der Waals surface area contributed by atoms with Crippen molar-refractivity contribution in [2.45, 2.75) is 45.1 Å². The summed E-state index contributed by atoms with van der Waals surface area (Å²) in [4.78, 5) is 13.2. The number of halogens is 1. The van der Waals surface area contributed by atoms with Crippen molar-refractivity contribution >= 4 is 33.2 Å². The molecular formula is C13H18BrNOS. The zero-order chi connectivity index (χ0) is 12.1. The molecule has 1 heterocycles. The number of hydrogen-bond acceptors (Lipinski definition) is 2. The molecule has 0 unspecified atom stereocenters. The van der Waals surface area contributed by atoms with Crippen LogP contribution in [0, 0.1) is 5.92 Å². The van der Waals surface area contributed by atoms with E-state index in [4.69, 9.17) is 0 Å². The molecule has 1 N–H and O–H groups in total. The normalized spacial score (nSPS) is 17.7. The zero-order valence-electron chi connectivity index (χ0n) is 9.88. The zero-order valence-corrected chi connectivity index (χ0v) is 12.3. The second-order valence-corrected chi connectivity index (χ2v) is 7.16. The van der Waals surface area contributed by atoms with E-state index in [2.05, 4.69) is 27.3 Å². The van der Waals surface area contributed by atoms with Crippen LogP contribution >= 0.6 is 27.3 Å². The van der Waals surface area contributed by atoms with E-state index in [0.717, 1.165) is 16.6 Å². The van der Waals surface area contributed by atoms with Crippen LogP contribution in [0.15, 0.2) is 15.9 Å². The molecular weight excluding hydrogens is 298 g/mol. The Morgan fingerprint density at radius 2 is 2.00 bits per heavy atom. The van der Waals surface area contributed by atoms with E-state index in [1.54, 1.807) is 11.3 Å². The summed E-state index contributed by atoms with van der Waals surface area (Å²) in [6.45, 7) is 0.672. The minimum Gasteiger partial charge on any atom is -0.351 e. The van der Waals surface area contributed by atoms with Gasteiger partial charge in [-0.15, -0.1) is 11.3 Å². The maximum Gasteiger partial charge on any atom is 0.223 e. The number of nitrogens with one attached hydrogen (secondary N) is 1. The largest absolute Gasteiger partial charge is 0.351 e. The van der Waals surface area contributed by atoms with Gasteiger partial charge in [-0.25, -0.2) is 0 Å². The molecule has 0 aromatic carbocycles. The maximum absolute atomic E-state index is 12.0. The Kier molecular flexibility index (Phi) is 5.04. The molecule has 1 aliphatic rings. The van der Waals surface area contributed by atoms with E-state index < -0.39 is 0 Å². The van der Waals surface area contributed by atoms with Crippen molar-refractivity contribution in [3.05, 3.63) is 20.8 Å². The Morgan fingerprint density at radius 1 is 1.29 bits per heavy atom. The molecule has 0 aliphatic heterocycles. The second kappa shape index (κ2) is 6.55. The van der Waals surface area contributed by atoms with Crippen LogP contribution in [0.5, 0.6) is 0 Å². The maximum atomic E-state index is 12.0. The van der Waals surface area contributed by atoms with Crippen LogP contribution in [0.3, 0.4) is 0 Å². The number of carbonyl (C=O) groups is 1. The first-order valence-corrected chi connectivity index (χ1v) is 7.88. The standard InChI is InChI=1S/C13H18BrNOS/c14-12-8-7-11(17-12)9-15-13(16)10-5-3-1-2-4-6-10/h7-8,10H,1-6,9H2,(H,15,16). The van der Waals surface area contributed by atoms with E-state index in [1.807, 2.05) is 6.07 Å². The quantitative estimate of drug-likeness (QED) is 0.836. The van der Waals surface area contributed by atoms with Crippen LogP contribution in [-0.2, 0) is 11.3 Å². The molecule has 0 bridgehead atoms. The van der Waals surface area contributed by atoms with Crippen LogP contribution in [-0.4, -0.2) is 5.91 Å². The SMILES string of the molecule is O=C(NCc1ccc(Br)s1)C1CCCCCC1. The Bertz CT molecular complexity index is 369. The van der Waals surface area contributed by atoms with Gasteiger partial charge in [-0.1, -0.05) is 25.7 Å². The van der Waals surface area contributed by atoms with Gasteiger partial charge in [0, 0.05) is 10.8 Å². The fourth-order valence-corrected chi connectivity index (χ4v) is 3.73. The second-order valence-electron chi connectivity index (χ2n) is 4.61. The third-order valence-electron chi connectivity index (χ3n) is 3.29. The van der Waals surface area contributed by atoms with Crippen molar-refractivity contribution in [2.75, 3.05) is 0 Å². The summed E-state index contributed by atoms with van der Waals surface area (Å²) in [6.07, 6.45) is 7.15. The van der Waals surface area contributed by atoms with Crippen molar-refractivity contribution in [1.29, 1.82) is 0 Å². The van der Waals surface area contributed by atoms with Gasteiger partial charge in [0.25, 0.3) is 0 Å². The van der Waals surface area contributed by atoms with Crippen LogP contribution in [0.25, 0.3) is 0 Å². The van der Waals surface area contributed by atoms with Crippen molar-refractivity contribution in [3.63, 3.8) is 0 Å². The summed E-state index contributed by atoms with van der Waals surface area (Å²) in [5.41, 5.74) is 0. The lowest BCUT2D eigenvalue weighted by Crippen LogP contribution is -2.29. The van der Waals surface area contributed by atoms with Gasteiger partial charge in [-0.05, 0) is 40.9 Å². The number of amides is 1. The molecule has 0 spiro atoms. The van der Waals surface area contributed by atoms with Crippen molar-refractivity contribution in [1.82, 2.24) is 5.32 Å². The monoisotopic (exact) mass is 315 g/mol. The average Bonchev–Trinajstić information content (AvgIpc) is 2.58.